The molecule has 0 spiro atoms. The van der Waals surface area contributed by atoms with E-state index in [4.69, 9.17) is 9.47 Å². The first-order valence-electron chi connectivity index (χ1n) is 8.38. The summed E-state index contributed by atoms with van der Waals surface area (Å²) in [5.41, 5.74) is -0.861. The van der Waals surface area contributed by atoms with Crippen LogP contribution < -0.4 is 4.74 Å². The molecule has 0 amide bonds. The number of hydrogen-bond donors (Lipinski definition) is 5. The predicted molar refractivity (Wildman–Crippen MR) is 87.2 cm³/mol. The average Bonchev–Trinajstić information content (AvgIpc) is 3.05. The Morgan fingerprint density at radius 2 is 1.75 bits per heavy atom. The maximum Gasteiger partial charge on any atom is 0.433 e. The second-order valence-electron chi connectivity index (χ2n) is 6.36. The molecule has 1 saturated heterocycles. The SMILES string of the molecule is OC[C@H]1OC(Oc2n[nH]c(C(F)(F)F)c2Cc2ccccc2)[C@H](O)[C@@H](O)[C@@H]1O. The van der Waals surface area contributed by atoms with Gasteiger partial charge in [0.25, 0.3) is 0 Å². The van der Waals surface area contributed by atoms with Crippen LogP contribution in [0, 0.1) is 0 Å². The Hall–Kier alpha value is -2.18. The van der Waals surface area contributed by atoms with Crippen molar-refractivity contribution in [2.45, 2.75) is 43.3 Å². The standard InChI is InChI=1S/C17H19F3N2O6/c18-17(19,20)14-9(6-8-4-2-1-3-5-8)15(22-21-14)28-16-13(26)12(25)11(24)10(7-23)27-16/h1-5,10-13,16,23-26H,6-7H2,(H,21,22)/t10-,11-,12+,13-,16?/m1/s1. The minimum atomic E-state index is -4.73. The number of halogens is 3. The molecule has 0 saturated carbocycles. The number of H-pyrrole nitrogens is 1. The van der Waals surface area contributed by atoms with E-state index in [0.29, 0.717) is 5.56 Å². The van der Waals surface area contributed by atoms with Gasteiger partial charge in [-0.25, -0.2) is 0 Å². The molecule has 2 heterocycles. The molecule has 1 unspecified atom stereocenters. The number of rotatable bonds is 5. The number of ether oxygens (including phenoxy) is 2. The van der Waals surface area contributed by atoms with Gasteiger partial charge in [0, 0.05) is 6.42 Å². The van der Waals surface area contributed by atoms with Crippen LogP contribution in [0.15, 0.2) is 30.3 Å². The van der Waals surface area contributed by atoms with E-state index in [-0.39, 0.29) is 12.0 Å². The van der Waals surface area contributed by atoms with Gasteiger partial charge in [0.15, 0.2) is 0 Å². The highest BCUT2D eigenvalue weighted by atomic mass is 19.4. The molecule has 1 fully saturated rings. The van der Waals surface area contributed by atoms with Gasteiger partial charge in [-0.2, -0.15) is 13.2 Å². The van der Waals surface area contributed by atoms with E-state index in [1.165, 1.54) is 0 Å². The lowest BCUT2D eigenvalue weighted by molar-refractivity contribution is -0.278. The molecule has 154 valence electrons. The highest BCUT2D eigenvalue weighted by Gasteiger charge is 2.46. The molecule has 5 atom stereocenters. The topological polar surface area (TPSA) is 128 Å². The maximum absolute atomic E-state index is 13.3. The Labute approximate surface area is 157 Å². The van der Waals surface area contributed by atoms with Gasteiger partial charge in [0.05, 0.1) is 12.2 Å². The number of aliphatic hydroxyl groups excluding tert-OH is 4. The highest BCUT2D eigenvalue weighted by Crippen LogP contribution is 2.36. The van der Waals surface area contributed by atoms with Crippen LogP contribution in [0.5, 0.6) is 5.88 Å². The zero-order valence-electron chi connectivity index (χ0n) is 14.4. The van der Waals surface area contributed by atoms with E-state index in [0.717, 1.165) is 0 Å². The van der Waals surface area contributed by atoms with Crippen molar-refractivity contribution < 1.29 is 43.1 Å². The summed E-state index contributed by atoms with van der Waals surface area (Å²) in [5, 5.41) is 44.2. The number of aliphatic hydroxyl groups is 4. The summed E-state index contributed by atoms with van der Waals surface area (Å²) >= 11 is 0. The van der Waals surface area contributed by atoms with Gasteiger partial charge in [-0.15, -0.1) is 5.10 Å². The molecule has 11 heteroatoms. The van der Waals surface area contributed by atoms with Crippen molar-refractivity contribution in [3.8, 4) is 5.88 Å². The number of nitrogens with zero attached hydrogens (tertiary/aromatic N) is 1. The van der Waals surface area contributed by atoms with Crippen LogP contribution in [-0.4, -0.2) is 67.9 Å². The van der Waals surface area contributed by atoms with Crippen molar-refractivity contribution in [1.82, 2.24) is 10.2 Å². The molecule has 1 aliphatic heterocycles. The molecular weight excluding hydrogens is 385 g/mol. The van der Waals surface area contributed by atoms with Gasteiger partial charge in [-0.1, -0.05) is 30.3 Å². The van der Waals surface area contributed by atoms with E-state index in [1.54, 1.807) is 30.3 Å². The molecule has 0 radical (unpaired) electrons. The molecule has 1 aromatic heterocycles. The summed E-state index contributed by atoms with van der Waals surface area (Å²) in [6, 6.07) is 8.31. The maximum atomic E-state index is 13.3. The Kier molecular flexibility index (Phi) is 5.91. The molecule has 0 aliphatic carbocycles. The fourth-order valence-electron chi connectivity index (χ4n) is 2.92. The molecule has 28 heavy (non-hydrogen) atoms. The first kappa shape index (κ1) is 20.6. The molecule has 1 aliphatic rings. The van der Waals surface area contributed by atoms with Crippen molar-refractivity contribution >= 4 is 0 Å². The number of aromatic amines is 1. The summed E-state index contributed by atoms with van der Waals surface area (Å²) < 4.78 is 50.5. The van der Waals surface area contributed by atoms with Gasteiger partial charge in [-0.05, 0) is 5.56 Å². The fraction of sp³-hybridized carbons (Fsp3) is 0.471. The second kappa shape index (κ2) is 8.05. The minimum absolute atomic E-state index is 0.168. The molecule has 1 aromatic carbocycles. The summed E-state index contributed by atoms with van der Waals surface area (Å²) in [7, 11) is 0. The first-order chi connectivity index (χ1) is 13.2. The van der Waals surface area contributed by atoms with Gasteiger partial charge < -0.3 is 29.9 Å². The van der Waals surface area contributed by atoms with Gasteiger partial charge >= 0.3 is 6.18 Å². The van der Waals surface area contributed by atoms with E-state index < -0.39 is 55.1 Å². The van der Waals surface area contributed by atoms with Crippen molar-refractivity contribution in [2.24, 2.45) is 0 Å². The molecule has 3 rings (SSSR count). The zero-order chi connectivity index (χ0) is 20.5. The van der Waals surface area contributed by atoms with E-state index in [9.17, 15) is 33.6 Å². The second-order valence-corrected chi connectivity index (χ2v) is 6.36. The van der Waals surface area contributed by atoms with Crippen LogP contribution in [-0.2, 0) is 17.3 Å². The Balaban J connectivity index is 1.90. The van der Waals surface area contributed by atoms with E-state index in [2.05, 4.69) is 5.10 Å². The monoisotopic (exact) mass is 404 g/mol. The molecule has 0 bridgehead atoms. The summed E-state index contributed by atoms with van der Waals surface area (Å²) in [5.74, 6) is -0.472. The van der Waals surface area contributed by atoms with Crippen LogP contribution in [0.4, 0.5) is 13.2 Å². The lowest BCUT2D eigenvalue weighted by Crippen LogP contribution is -2.60. The Morgan fingerprint density at radius 3 is 2.36 bits per heavy atom. The molecule has 2 aromatic rings. The normalized spacial score (nSPS) is 28.3. The predicted octanol–water partition coefficient (Wildman–Crippen LogP) is 0.198. The van der Waals surface area contributed by atoms with Gasteiger partial charge in [0.1, 0.15) is 30.1 Å². The minimum Gasteiger partial charge on any atom is -0.443 e. The van der Waals surface area contributed by atoms with Crippen molar-refractivity contribution in [3.05, 3.63) is 47.2 Å². The fourth-order valence-corrected chi connectivity index (χ4v) is 2.92. The third-order valence-corrected chi connectivity index (χ3v) is 4.41. The van der Waals surface area contributed by atoms with Crippen LogP contribution in [0.3, 0.4) is 0 Å². The van der Waals surface area contributed by atoms with Crippen LogP contribution in [0.1, 0.15) is 16.8 Å². The van der Waals surface area contributed by atoms with E-state index in [1.807, 2.05) is 5.10 Å². The Bertz CT molecular complexity index is 783. The third-order valence-electron chi connectivity index (χ3n) is 4.41. The number of hydrogen-bond acceptors (Lipinski definition) is 7. The van der Waals surface area contributed by atoms with Crippen molar-refractivity contribution in [1.29, 1.82) is 0 Å². The third kappa shape index (κ3) is 4.13. The number of benzene rings is 1. The average molecular weight is 404 g/mol. The van der Waals surface area contributed by atoms with Crippen LogP contribution in [0.2, 0.25) is 0 Å². The smallest absolute Gasteiger partial charge is 0.433 e. The molecule has 8 nitrogen and oxygen atoms in total. The summed E-state index contributed by atoms with van der Waals surface area (Å²) in [4.78, 5) is 0. The Morgan fingerprint density at radius 1 is 1.07 bits per heavy atom. The van der Waals surface area contributed by atoms with Crippen LogP contribution in [0.25, 0.3) is 0 Å². The molecular formula is C17H19F3N2O6. The lowest BCUT2D eigenvalue weighted by Gasteiger charge is -2.39. The van der Waals surface area contributed by atoms with Crippen LogP contribution >= 0.6 is 0 Å². The van der Waals surface area contributed by atoms with Crippen molar-refractivity contribution in [2.75, 3.05) is 6.61 Å². The summed E-state index contributed by atoms with van der Waals surface area (Å²) in [6.45, 7) is -0.698. The highest BCUT2D eigenvalue weighted by molar-refractivity contribution is 5.37. The van der Waals surface area contributed by atoms with E-state index >= 15 is 0 Å². The van der Waals surface area contributed by atoms with Gasteiger partial charge in [0.2, 0.25) is 12.2 Å². The first-order valence-corrected chi connectivity index (χ1v) is 8.38. The summed E-state index contributed by atoms with van der Waals surface area (Å²) in [6.07, 6.45) is -12.9. The van der Waals surface area contributed by atoms with Gasteiger partial charge in [-0.3, -0.25) is 5.10 Å². The van der Waals surface area contributed by atoms with Crippen molar-refractivity contribution in [3.63, 3.8) is 0 Å². The number of aromatic nitrogens is 2. The lowest BCUT2D eigenvalue weighted by atomic mass is 9.99. The molecule has 5 N–H and O–H groups in total. The number of alkyl halides is 3. The zero-order valence-corrected chi connectivity index (χ0v) is 14.4. The largest absolute Gasteiger partial charge is 0.443 e. The number of nitrogens with one attached hydrogen (secondary N) is 1. The quantitative estimate of drug-likeness (QED) is 0.482.